The maximum Gasteiger partial charge on any atom is 0.410 e. The number of benzene rings is 1. The fraction of sp³-hybridized carbons (Fsp3) is 0.533. The van der Waals surface area contributed by atoms with Crippen LogP contribution in [0, 0.1) is 0 Å². The Morgan fingerprint density at radius 1 is 1.10 bits per heavy atom. The Balaban J connectivity index is 1.74. The Kier molecular flexibility index (Phi) is 3.53. The van der Waals surface area contributed by atoms with Crippen molar-refractivity contribution in [3.63, 3.8) is 0 Å². The summed E-state index contributed by atoms with van der Waals surface area (Å²) in [6.45, 7) is 5.65. The number of anilines is 1. The Hall–Kier alpha value is -1.75. The number of piperazine rings is 1. The molecule has 108 valence electrons. The van der Waals surface area contributed by atoms with E-state index in [0.29, 0.717) is 13.1 Å². The molecule has 0 spiro atoms. The lowest BCUT2D eigenvalue weighted by atomic mass is 10.1. The quantitative estimate of drug-likeness (QED) is 0.778. The summed E-state index contributed by atoms with van der Waals surface area (Å²) >= 11 is 0. The number of ether oxygens (including phenoxy) is 1. The molecule has 5 nitrogen and oxygen atoms in total. The molecule has 5 heteroatoms. The smallest absolute Gasteiger partial charge is 0.410 e. The van der Waals surface area contributed by atoms with Gasteiger partial charge in [0.1, 0.15) is 0 Å². The molecule has 0 atom stereocenters. The minimum absolute atomic E-state index is 0.248. The van der Waals surface area contributed by atoms with Gasteiger partial charge in [-0.1, -0.05) is 6.07 Å². The second-order valence-corrected chi connectivity index (χ2v) is 5.57. The number of carbonyl (C=O) groups is 1. The molecule has 3 rings (SSSR count). The summed E-state index contributed by atoms with van der Waals surface area (Å²) in [6.07, 6.45) is -0.248. The van der Waals surface area contributed by atoms with Crippen LogP contribution in [0.3, 0.4) is 0 Å². The van der Waals surface area contributed by atoms with Crippen LogP contribution in [0.25, 0.3) is 0 Å². The summed E-state index contributed by atoms with van der Waals surface area (Å²) in [5.74, 6) is 0. The highest BCUT2D eigenvalue weighted by Gasteiger charge is 2.25. The SMILES string of the molecule is COC(=O)N1Cc2ccc(N3CCN(C)CC3)cc2C1. The fourth-order valence-corrected chi connectivity index (χ4v) is 2.90. The molecule has 2 aliphatic rings. The minimum Gasteiger partial charge on any atom is -0.453 e. The molecular weight excluding hydrogens is 254 g/mol. The van der Waals surface area contributed by atoms with Gasteiger partial charge >= 0.3 is 6.09 Å². The number of fused-ring (bicyclic) bond motifs is 1. The van der Waals surface area contributed by atoms with Crippen LogP contribution in [0.5, 0.6) is 0 Å². The predicted molar refractivity (Wildman–Crippen MR) is 77.8 cm³/mol. The van der Waals surface area contributed by atoms with E-state index in [2.05, 4.69) is 35.0 Å². The summed E-state index contributed by atoms with van der Waals surface area (Å²) in [5, 5.41) is 0. The minimum atomic E-state index is -0.248. The second kappa shape index (κ2) is 5.32. The zero-order valence-corrected chi connectivity index (χ0v) is 12.1. The van der Waals surface area contributed by atoms with E-state index in [1.165, 1.54) is 23.9 Å². The van der Waals surface area contributed by atoms with Gasteiger partial charge in [0.25, 0.3) is 0 Å². The van der Waals surface area contributed by atoms with Crippen LogP contribution in [0.15, 0.2) is 18.2 Å². The van der Waals surface area contributed by atoms with Gasteiger partial charge in [-0.2, -0.15) is 0 Å². The molecule has 2 aliphatic heterocycles. The standard InChI is InChI=1S/C15H21N3O2/c1-16-5-7-17(8-6-16)14-4-3-12-10-18(15(19)20-2)11-13(12)9-14/h3-4,9H,5-8,10-11H2,1-2H3. The van der Waals surface area contributed by atoms with Crippen LogP contribution in [-0.4, -0.2) is 56.2 Å². The van der Waals surface area contributed by atoms with Crippen LogP contribution in [0.4, 0.5) is 10.5 Å². The van der Waals surface area contributed by atoms with Crippen molar-refractivity contribution in [3.8, 4) is 0 Å². The highest BCUT2D eigenvalue weighted by Crippen LogP contribution is 2.28. The molecule has 0 aliphatic carbocycles. The lowest BCUT2D eigenvalue weighted by molar-refractivity contribution is 0.123. The maximum absolute atomic E-state index is 11.6. The third-order valence-electron chi connectivity index (χ3n) is 4.21. The third-order valence-corrected chi connectivity index (χ3v) is 4.21. The Labute approximate surface area is 119 Å². The van der Waals surface area contributed by atoms with E-state index in [0.717, 1.165) is 26.2 Å². The first-order chi connectivity index (χ1) is 9.67. The van der Waals surface area contributed by atoms with Crippen molar-refractivity contribution in [2.75, 3.05) is 45.2 Å². The third kappa shape index (κ3) is 2.45. The lowest BCUT2D eigenvalue weighted by Crippen LogP contribution is -2.44. The van der Waals surface area contributed by atoms with Gasteiger partial charge in [-0.05, 0) is 30.3 Å². The van der Waals surface area contributed by atoms with Crippen molar-refractivity contribution >= 4 is 11.8 Å². The van der Waals surface area contributed by atoms with Crippen LogP contribution in [-0.2, 0) is 17.8 Å². The Morgan fingerprint density at radius 2 is 1.80 bits per heavy atom. The molecule has 0 saturated carbocycles. The van der Waals surface area contributed by atoms with E-state index >= 15 is 0 Å². The molecular formula is C15H21N3O2. The first-order valence-electron chi connectivity index (χ1n) is 7.05. The monoisotopic (exact) mass is 275 g/mol. The molecule has 20 heavy (non-hydrogen) atoms. The predicted octanol–water partition coefficient (Wildman–Crippen LogP) is 1.52. The van der Waals surface area contributed by atoms with E-state index in [1.807, 2.05) is 0 Å². The zero-order chi connectivity index (χ0) is 14.1. The van der Waals surface area contributed by atoms with Gasteiger partial charge in [0, 0.05) is 45.0 Å². The molecule has 1 aromatic rings. The fourth-order valence-electron chi connectivity index (χ4n) is 2.90. The lowest BCUT2D eigenvalue weighted by Gasteiger charge is -2.34. The maximum atomic E-state index is 11.6. The number of amides is 1. The van der Waals surface area contributed by atoms with E-state index in [-0.39, 0.29) is 6.09 Å². The molecule has 0 radical (unpaired) electrons. The number of nitrogens with zero attached hydrogens (tertiary/aromatic N) is 3. The first kappa shape index (κ1) is 13.2. The normalized spacial score (nSPS) is 19.1. The largest absolute Gasteiger partial charge is 0.453 e. The summed E-state index contributed by atoms with van der Waals surface area (Å²) in [5.41, 5.74) is 3.74. The van der Waals surface area contributed by atoms with E-state index in [1.54, 1.807) is 4.90 Å². The second-order valence-electron chi connectivity index (χ2n) is 5.57. The number of hydrogen-bond acceptors (Lipinski definition) is 4. The number of rotatable bonds is 1. The van der Waals surface area contributed by atoms with Gasteiger partial charge in [0.15, 0.2) is 0 Å². The van der Waals surface area contributed by atoms with Gasteiger partial charge in [-0.25, -0.2) is 4.79 Å². The number of hydrogen-bond donors (Lipinski definition) is 0. The van der Waals surface area contributed by atoms with Gasteiger partial charge < -0.3 is 14.5 Å². The Morgan fingerprint density at radius 3 is 2.50 bits per heavy atom. The summed E-state index contributed by atoms with van der Waals surface area (Å²) in [4.78, 5) is 18.1. The van der Waals surface area contributed by atoms with Crippen LogP contribution >= 0.6 is 0 Å². The number of methoxy groups -OCH3 is 1. The van der Waals surface area contributed by atoms with E-state index in [9.17, 15) is 4.79 Å². The van der Waals surface area contributed by atoms with Gasteiger partial charge in [-0.15, -0.1) is 0 Å². The number of likely N-dealkylation sites (N-methyl/N-ethyl adjacent to an activating group) is 1. The van der Waals surface area contributed by atoms with Crippen LogP contribution in [0.2, 0.25) is 0 Å². The van der Waals surface area contributed by atoms with Crippen molar-refractivity contribution in [3.05, 3.63) is 29.3 Å². The molecule has 0 unspecified atom stereocenters. The molecule has 0 N–H and O–H groups in total. The van der Waals surface area contributed by atoms with Crippen LogP contribution < -0.4 is 4.90 Å². The highest BCUT2D eigenvalue weighted by atomic mass is 16.5. The van der Waals surface area contributed by atoms with E-state index in [4.69, 9.17) is 4.74 Å². The zero-order valence-electron chi connectivity index (χ0n) is 12.1. The van der Waals surface area contributed by atoms with Crippen molar-refractivity contribution in [2.45, 2.75) is 13.1 Å². The molecule has 1 amide bonds. The van der Waals surface area contributed by atoms with Crippen molar-refractivity contribution in [1.82, 2.24) is 9.80 Å². The van der Waals surface area contributed by atoms with Crippen molar-refractivity contribution < 1.29 is 9.53 Å². The molecule has 1 fully saturated rings. The van der Waals surface area contributed by atoms with Gasteiger partial charge in [0.05, 0.1) is 7.11 Å². The molecule has 0 bridgehead atoms. The van der Waals surface area contributed by atoms with Gasteiger partial charge in [-0.3, -0.25) is 4.90 Å². The molecule has 0 aromatic heterocycles. The average molecular weight is 275 g/mol. The molecule has 2 heterocycles. The van der Waals surface area contributed by atoms with Crippen LogP contribution in [0.1, 0.15) is 11.1 Å². The van der Waals surface area contributed by atoms with Crippen molar-refractivity contribution in [1.29, 1.82) is 0 Å². The van der Waals surface area contributed by atoms with Gasteiger partial charge in [0.2, 0.25) is 0 Å². The summed E-state index contributed by atoms with van der Waals surface area (Å²) < 4.78 is 4.79. The Bertz CT molecular complexity index is 510. The average Bonchev–Trinajstić information content (AvgIpc) is 2.90. The first-order valence-corrected chi connectivity index (χ1v) is 7.05. The molecule has 1 saturated heterocycles. The topological polar surface area (TPSA) is 36.0 Å². The highest BCUT2D eigenvalue weighted by molar-refractivity contribution is 5.69. The summed E-state index contributed by atoms with van der Waals surface area (Å²) in [6, 6.07) is 6.54. The van der Waals surface area contributed by atoms with Crippen molar-refractivity contribution in [2.24, 2.45) is 0 Å². The summed E-state index contributed by atoms with van der Waals surface area (Å²) in [7, 11) is 3.59. The van der Waals surface area contributed by atoms with E-state index < -0.39 is 0 Å². The number of carbonyl (C=O) groups excluding carboxylic acids is 1. The molecule has 1 aromatic carbocycles.